The second kappa shape index (κ2) is 10.8. The highest BCUT2D eigenvalue weighted by Gasteiger charge is 2.18. The van der Waals surface area contributed by atoms with Crippen LogP contribution >= 0.6 is 0 Å². The largest absolute Gasteiger partial charge is 0.381 e. The highest BCUT2D eigenvalue weighted by atomic mass is 16.5. The van der Waals surface area contributed by atoms with Gasteiger partial charge in [-0.1, -0.05) is 12.1 Å². The predicted molar refractivity (Wildman–Crippen MR) is 123 cm³/mol. The highest BCUT2D eigenvalue weighted by Crippen LogP contribution is 2.30. The van der Waals surface area contributed by atoms with E-state index in [4.69, 9.17) is 4.74 Å². The Balaban J connectivity index is 1.26. The van der Waals surface area contributed by atoms with Crippen molar-refractivity contribution in [2.45, 2.75) is 63.9 Å². The van der Waals surface area contributed by atoms with E-state index in [1.807, 2.05) is 24.4 Å². The monoisotopic (exact) mass is 422 g/mol. The number of aryl methyl sites for hydroxylation is 1. The summed E-state index contributed by atoms with van der Waals surface area (Å²) in [6, 6.07) is 8.01. The van der Waals surface area contributed by atoms with Crippen LogP contribution in [0.5, 0.6) is 0 Å². The van der Waals surface area contributed by atoms with Crippen molar-refractivity contribution in [2.75, 3.05) is 32.1 Å². The number of unbranched alkanes of at least 4 members (excludes halogenated alkanes) is 1. The van der Waals surface area contributed by atoms with Crippen LogP contribution < -0.4 is 5.32 Å². The molecule has 4 rings (SSSR count). The third-order valence-corrected chi connectivity index (χ3v) is 6.58. The molecule has 0 atom stereocenters. The first-order valence-corrected chi connectivity index (χ1v) is 11.7. The zero-order valence-electron chi connectivity index (χ0n) is 18.6. The first kappa shape index (κ1) is 21.9. The second-order valence-electron chi connectivity index (χ2n) is 8.77. The number of hydrogen-bond acceptors (Lipinski definition) is 5. The first-order valence-electron chi connectivity index (χ1n) is 11.7. The van der Waals surface area contributed by atoms with Crippen molar-refractivity contribution in [2.24, 2.45) is 0 Å². The molecule has 1 aliphatic carbocycles. The molecule has 31 heavy (non-hydrogen) atoms. The van der Waals surface area contributed by atoms with E-state index >= 15 is 0 Å². The van der Waals surface area contributed by atoms with Crippen LogP contribution in [0.25, 0.3) is 11.3 Å². The van der Waals surface area contributed by atoms with Gasteiger partial charge in [-0.25, -0.2) is 0 Å². The van der Waals surface area contributed by atoms with Crippen LogP contribution in [-0.4, -0.2) is 53.9 Å². The van der Waals surface area contributed by atoms with Gasteiger partial charge in [-0.15, -0.1) is 0 Å². The number of nitrogens with zero attached hydrogens (tertiary/aromatic N) is 3. The van der Waals surface area contributed by atoms with Crippen molar-refractivity contribution < 1.29 is 9.53 Å². The van der Waals surface area contributed by atoms with Gasteiger partial charge in [-0.3, -0.25) is 4.79 Å². The summed E-state index contributed by atoms with van der Waals surface area (Å²) in [5.41, 5.74) is 5.46. The van der Waals surface area contributed by atoms with E-state index in [9.17, 15) is 4.79 Å². The van der Waals surface area contributed by atoms with E-state index in [0.29, 0.717) is 12.5 Å². The molecule has 6 heteroatoms. The standard InChI is InChI=1S/C25H34N4O2/c1-31-22-12-15-29(16-13-22)14-5-4-11-24(30)27-21-9-6-8-19(17-21)25-23-10-3-2-7-20(23)18-26-28-25/h6,8-9,17-18,22H,2-5,7,10-16H2,1H3,(H,27,30). The minimum atomic E-state index is 0.0800. The molecule has 0 unspecified atom stereocenters. The lowest BCUT2D eigenvalue weighted by molar-refractivity contribution is -0.116. The number of aromatic nitrogens is 2. The normalized spacial score (nSPS) is 17.3. The molecule has 1 aromatic carbocycles. The van der Waals surface area contributed by atoms with Crippen molar-refractivity contribution in [3.63, 3.8) is 0 Å². The van der Waals surface area contributed by atoms with Gasteiger partial charge >= 0.3 is 0 Å². The molecule has 2 aliphatic rings. The molecule has 1 fully saturated rings. The average molecular weight is 423 g/mol. The summed E-state index contributed by atoms with van der Waals surface area (Å²) in [7, 11) is 1.80. The Labute approximate surface area is 185 Å². The summed E-state index contributed by atoms with van der Waals surface area (Å²) in [6.07, 6.45) is 11.6. The maximum Gasteiger partial charge on any atom is 0.224 e. The Morgan fingerprint density at radius 3 is 2.87 bits per heavy atom. The number of methoxy groups -OCH3 is 1. The lowest BCUT2D eigenvalue weighted by Gasteiger charge is -2.31. The quantitative estimate of drug-likeness (QED) is 0.645. The molecule has 1 aliphatic heterocycles. The Bertz CT molecular complexity index is 878. The maximum atomic E-state index is 12.5. The van der Waals surface area contributed by atoms with Crippen LogP contribution in [0.3, 0.4) is 0 Å². The fraction of sp³-hybridized carbons (Fsp3) is 0.560. The van der Waals surface area contributed by atoms with E-state index in [2.05, 4.69) is 26.5 Å². The lowest BCUT2D eigenvalue weighted by Crippen LogP contribution is -2.37. The number of amides is 1. The third-order valence-electron chi connectivity index (χ3n) is 6.58. The second-order valence-corrected chi connectivity index (χ2v) is 8.77. The van der Waals surface area contributed by atoms with E-state index in [1.54, 1.807) is 7.11 Å². The molecular formula is C25H34N4O2. The van der Waals surface area contributed by atoms with Crippen molar-refractivity contribution in [1.29, 1.82) is 0 Å². The van der Waals surface area contributed by atoms with Crippen LogP contribution in [-0.2, 0) is 22.4 Å². The number of anilines is 1. The van der Waals surface area contributed by atoms with Gasteiger partial charge in [0, 0.05) is 37.9 Å². The number of likely N-dealkylation sites (tertiary alicyclic amines) is 1. The van der Waals surface area contributed by atoms with Gasteiger partial charge in [0.05, 0.1) is 18.0 Å². The number of rotatable bonds is 8. The SMILES string of the molecule is COC1CCN(CCCCC(=O)Nc2cccc(-c3nncc4c3CCCC4)c2)CC1. The molecule has 2 heterocycles. The zero-order valence-corrected chi connectivity index (χ0v) is 18.6. The van der Waals surface area contributed by atoms with Gasteiger partial charge in [-0.05, 0) is 81.2 Å². The van der Waals surface area contributed by atoms with Gasteiger partial charge < -0.3 is 15.0 Å². The molecule has 0 saturated carbocycles. The molecule has 0 spiro atoms. The molecule has 0 radical (unpaired) electrons. The number of nitrogens with one attached hydrogen (secondary N) is 1. The fourth-order valence-corrected chi connectivity index (χ4v) is 4.75. The molecular weight excluding hydrogens is 388 g/mol. The Morgan fingerprint density at radius 1 is 1.19 bits per heavy atom. The fourth-order valence-electron chi connectivity index (χ4n) is 4.75. The van der Waals surface area contributed by atoms with Crippen LogP contribution in [0, 0.1) is 0 Å². The zero-order chi connectivity index (χ0) is 21.5. The van der Waals surface area contributed by atoms with Gasteiger partial charge in [0.2, 0.25) is 5.91 Å². The average Bonchev–Trinajstić information content (AvgIpc) is 2.82. The number of carbonyl (C=O) groups is 1. The molecule has 1 amide bonds. The summed E-state index contributed by atoms with van der Waals surface area (Å²) in [4.78, 5) is 14.9. The first-order chi connectivity index (χ1) is 15.2. The van der Waals surface area contributed by atoms with Crippen LogP contribution in [0.15, 0.2) is 30.5 Å². The van der Waals surface area contributed by atoms with Crippen LogP contribution in [0.1, 0.15) is 56.1 Å². The Morgan fingerprint density at radius 2 is 2.03 bits per heavy atom. The summed E-state index contributed by atoms with van der Waals surface area (Å²) < 4.78 is 5.43. The molecule has 166 valence electrons. The molecule has 1 aromatic heterocycles. The lowest BCUT2D eigenvalue weighted by atomic mass is 9.90. The molecule has 1 N–H and O–H groups in total. The number of ether oxygens (including phenoxy) is 1. The smallest absolute Gasteiger partial charge is 0.224 e. The van der Waals surface area contributed by atoms with E-state index in [1.165, 1.54) is 24.0 Å². The molecule has 6 nitrogen and oxygen atoms in total. The molecule has 1 saturated heterocycles. The van der Waals surface area contributed by atoms with E-state index < -0.39 is 0 Å². The van der Waals surface area contributed by atoms with Crippen LogP contribution in [0.4, 0.5) is 5.69 Å². The predicted octanol–water partition coefficient (Wildman–Crippen LogP) is 4.24. The molecule has 2 aromatic rings. The number of benzene rings is 1. The van der Waals surface area contributed by atoms with Crippen molar-refractivity contribution >= 4 is 11.6 Å². The number of carbonyl (C=O) groups excluding carboxylic acids is 1. The number of hydrogen-bond donors (Lipinski definition) is 1. The van der Waals surface area contributed by atoms with Crippen molar-refractivity contribution in [1.82, 2.24) is 15.1 Å². The van der Waals surface area contributed by atoms with Gasteiger partial charge in [0.15, 0.2) is 0 Å². The number of piperidine rings is 1. The third kappa shape index (κ3) is 5.89. The highest BCUT2D eigenvalue weighted by molar-refractivity contribution is 5.91. The molecule has 0 bridgehead atoms. The minimum Gasteiger partial charge on any atom is -0.381 e. The van der Waals surface area contributed by atoms with Gasteiger partial charge in [-0.2, -0.15) is 10.2 Å². The summed E-state index contributed by atoms with van der Waals surface area (Å²) in [5, 5.41) is 11.7. The Hall–Kier alpha value is -2.31. The summed E-state index contributed by atoms with van der Waals surface area (Å²) in [5.74, 6) is 0.0800. The van der Waals surface area contributed by atoms with Crippen molar-refractivity contribution in [3.05, 3.63) is 41.6 Å². The van der Waals surface area contributed by atoms with E-state index in [-0.39, 0.29) is 5.91 Å². The van der Waals surface area contributed by atoms with Crippen molar-refractivity contribution in [3.8, 4) is 11.3 Å². The van der Waals surface area contributed by atoms with E-state index in [0.717, 1.165) is 75.1 Å². The topological polar surface area (TPSA) is 67.3 Å². The number of fused-ring (bicyclic) bond motifs is 1. The maximum absolute atomic E-state index is 12.5. The summed E-state index contributed by atoms with van der Waals surface area (Å²) in [6.45, 7) is 3.27. The Kier molecular flexibility index (Phi) is 7.65. The van der Waals surface area contributed by atoms with Gasteiger partial charge in [0.1, 0.15) is 0 Å². The minimum absolute atomic E-state index is 0.0800. The van der Waals surface area contributed by atoms with Crippen LogP contribution in [0.2, 0.25) is 0 Å². The summed E-state index contributed by atoms with van der Waals surface area (Å²) >= 11 is 0. The van der Waals surface area contributed by atoms with Gasteiger partial charge in [0.25, 0.3) is 0 Å².